The predicted octanol–water partition coefficient (Wildman–Crippen LogP) is 3.35. The van der Waals surface area contributed by atoms with Crippen molar-refractivity contribution in [3.63, 3.8) is 0 Å². The number of aromatic nitrogens is 1. The Labute approximate surface area is 176 Å². The minimum absolute atomic E-state index is 0. The zero-order valence-electron chi connectivity index (χ0n) is 15.2. The van der Waals surface area contributed by atoms with Gasteiger partial charge in [0.2, 0.25) is 0 Å². The highest BCUT2D eigenvalue weighted by atomic mass is 127. The Morgan fingerprint density at radius 2 is 2.20 bits per heavy atom. The molecule has 0 radical (unpaired) electrons. The summed E-state index contributed by atoms with van der Waals surface area (Å²) >= 11 is 3.77. The third-order valence-electron chi connectivity index (χ3n) is 4.87. The molecule has 25 heavy (non-hydrogen) atoms. The van der Waals surface area contributed by atoms with Crippen LogP contribution in [0.15, 0.2) is 10.4 Å². The number of nitrogens with zero attached hydrogens (tertiary/aromatic N) is 3. The van der Waals surface area contributed by atoms with Crippen LogP contribution >= 0.6 is 47.1 Å². The van der Waals surface area contributed by atoms with Crippen LogP contribution in [0.4, 0.5) is 5.13 Å². The molecule has 1 aliphatic heterocycles. The van der Waals surface area contributed by atoms with Crippen molar-refractivity contribution in [1.29, 1.82) is 0 Å². The van der Waals surface area contributed by atoms with E-state index in [4.69, 9.17) is 4.98 Å². The minimum atomic E-state index is 0. The van der Waals surface area contributed by atoms with Crippen LogP contribution in [0.2, 0.25) is 0 Å². The smallest absolute Gasteiger partial charge is 0.191 e. The van der Waals surface area contributed by atoms with Gasteiger partial charge in [0.15, 0.2) is 11.1 Å². The van der Waals surface area contributed by atoms with Gasteiger partial charge in [-0.15, -0.1) is 35.3 Å². The number of rotatable bonds is 6. The normalized spacial score (nSPS) is 23.6. The number of hydrogen-bond acceptors (Lipinski definition) is 5. The molecule has 0 bridgehead atoms. The maximum Gasteiger partial charge on any atom is 0.191 e. The van der Waals surface area contributed by atoms with Crippen molar-refractivity contribution in [2.24, 2.45) is 4.99 Å². The van der Waals surface area contributed by atoms with Gasteiger partial charge < -0.3 is 15.5 Å². The van der Waals surface area contributed by atoms with Gasteiger partial charge in [0.25, 0.3) is 0 Å². The Balaban J connectivity index is 0.00000225. The van der Waals surface area contributed by atoms with E-state index in [-0.39, 0.29) is 24.0 Å². The highest BCUT2D eigenvalue weighted by Crippen LogP contribution is 2.28. The largest absolute Gasteiger partial charge is 0.356 e. The molecular formula is C17H30IN5S2. The van der Waals surface area contributed by atoms with Crippen LogP contribution in [-0.2, 0) is 6.42 Å². The molecule has 0 aromatic carbocycles. The fraction of sp³-hybridized carbons (Fsp3) is 0.765. The molecule has 2 heterocycles. The van der Waals surface area contributed by atoms with E-state index in [0.717, 1.165) is 24.2 Å². The Morgan fingerprint density at radius 1 is 1.40 bits per heavy atom. The van der Waals surface area contributed by atoms with E-state index in [2.05, 4.69) is 32.2 Å². The van der Waals surface area contributed by atoms with Crippen LogP contribution < -0.4 is 15.5 Å². The van der Waals surface area contributed by atoms with Gasteiger partial charge in [-0.2, -0.15) is 11.8 Å². The van der Waals surface area contributed by atoms with Gasteiger partial charge in [-0.1, -0.05) is 0 Å². The minimum Gasteiger partial charge on any atom is -0.356 e. The molecule has 2 fully saturated rings. The van der Waals surface area contributed by atoms with Crippen LogP contribution in [-0.4, -0.2) is 55.2 Å². The predicted molar refractivity (Wildman–Crippen MR) is 122 cm³/mol. The van der Waals surface area contributed by atoms with Crippen LogP contribution in [0.5, 0.6) is 0 Å². The molecule has 2 unspecified atom stereocenters. The van der Waals surface area contributed by atoms with Crippen LogP contribution in [0, 0.1) is 0 Å². The zero-order chi connectivity index (χ0) is 16.8. The molecule has 5 nitrogen and oxygen atoms in total. The SMILES string of the molecule is CN=C(NCCc1csc(N2CCCC2)n1)NC1CCC(SC)C1.I. The lowest BCUT2D eigenvalue weighted by Crippen LogP contribution is -2.43. The maximum atomic E-state index is 4.78. The van der Waals surface area contributed by atoms with Crippen molar-refractivity contribution in [2.75, 3.05) is 37.8 Å². The lowest BCUT2D eigenvalue weighted by molar-refractivity contribution is 0.614. The average molecular weight is 496 g/mol. The molecule has 0 spiro atoms. The highest BCUT2D eigenvalue weighted by molar-refractivity contribution is 14.0. The van der Waals surface area contributed by atoms with Crippen molar-refractivity contribution < 1.29 is 0 Å². The topological polar surface area (TPSA) is 52.6 Å². The second-order valence-electron chi connectivity index (χ2n) is 6.58. The number of thioether (sulfide) groups is 1. The van der Waals surface area contributed by atoms with Gasteiger partial charge in [-0.3, -0.25) is 4.99 Å². The van der Waals surface area contributed by atoms with Crippen LogP contribution in [0.1, 0.15) is 37.8 Å². The fourth-order valence-corrected chi connectivity index (χ4v) is 5.16. The van der Waals surface area contributed by atoms with Crippen molar-refractivity contribution in [3.05, 3.63) is 11.1 Å². The molecule has 2 aliphatic rings. The molecule has 0 amide bonds. The van der Waals surface area contributed by atoms with Gasteiger partial charge in [0, 0.05) is 49.8 Å². The number of guanidine groups is 1. The van der Waals surface area contributed by atoms with Crippen LogP contribution in [0.25, 0.3) is 0 Å². The number of hydrogen-bond donors (Lipinski definition) is 2. The first-order valence-corrected chi connectivity index (χ1v) is 11.1. The van der Waals surface area contributed by atoms with Crippen molar-refractivity contribution in [1.82, 2.24) is 15.6 Å². The summed E-state index contributed by atoms with van der Waals surface area (Å²) in [6.07, 6.45) is 9.57. The van der Waals surface area contributed by atoms with E-state index < -0.39 is 0 Å². The first-order chi connectivity index (χ1) is 11.8. The molecular weight excluding hydrogens is 465 g/mol. The summed E-state index contributed by atoms with van der Waals surface area (Å²) in [4.78, 5) is 11.6. The highest BCUT2D eigenvalue weighted by Gasteiger charge is 2.24. The Hall–Kier alpha value is -0.220. The molecule has 2 atom stereocenters. The van der Waals surface area contributed by atoms with Gasteiger partial charge in [0.05, 0.1) is 5.69 Å². The summed E-state index contributed by atoms with van der Waals surface area (Å²) in [6, 6.07) is 0.565. The van der Waals surface area contributed by atoms with Crippen molar-refractivity contribution in [2.45, 2.75) is 49.8 Å². The monoisotopic (exact) mass is 495 g/mol. The molecule has 8 heteroatoms. The average Bonchev–Trinajstić information content (AvgIpc) is 3.34. The lowest BCUT2D eigenvalue weighted by atomic mass is 10.2. The molecule has 142 valence electrons. The number of aliphatic imine (C=N–C) groups is 1. The van der Waals surface area contributed by atoms with Gasteiger partial charge in [-0.25, -0.2) is 4.98 Å². The van der Waals surface area contributed by atoms with Gasteiger partial charge >= 0.3 is 0 Å². The van der Waals surface area contributed by atoms with Crippen molar-refractivity contribution in [3.8, 4) is 0 Å². The number of anilines is 1. The number of nitrogens with one attached hydrogen (secondary N) is 2. The van der Waals surface area contributed by atoms with Crippen molar-refractivity contribution >= 4 is 58.2 Å². The summed E-state index contributed by atoms with van der Waals surface area (Å²) in [7, 11) is 1.85. The van der Waals surface area contributed by atoms with E-state index >= 15 is 0 Å². The van der Waals surface area contributed by atoms with Gasteiger partial charge in [0.1, 0.15) is 0 Å². The van der Waals surface area contributed by atoms with Crippen LogP contribution in [0.3, 0.4) is 0 Å². The molecule has 1 aromatic heterocycles. The summed E-state index contributed by atoms with van der Waals surface area (Å²) in [5, 5.41) is 11.2. The molecule has 1 aliphatic carbocycles. The fourth-order valence-electron chi connectivity index (χ4n) is 3.45. The second-order valence-corrected chi connectivity index (χ2v) is 8.55. The Kier molecular flexibility index (Phi) is 9.12. The van der Waals surface area contributed by atoms with E-state index in [1.165, 1.54) is 56.0 Å². The second kappa shape index (κ2) is 10.8. The summed E-state index contributed by atoms with van der Waals surface area (Å²) in [6.45, 7) is 3.21. The summed E-state index contributed by atoms with van der Waals surface area (Å²) in [5.74, 6) is 0.928. The molecule has 2 N–H and O–H groups in total. The summed E-state index contributed by atoms with van der Waals surface area (Å²) in [5.41, 5.74) is 1.19. The number of halogens is 1. The zero-order valence-corrected chi connectivity index (χ0v) is 19.1. The molecule has 1 aromatic rings. The van der Waals surface area contributed by atoms with E-state index in [1.54, 1.807) is 11.3 Å². The molecule has 1 saturated carbocycles. The lowest BCUT2D eigenvalue weighted by Gasteiger charge is -2.17. The van der Waals surface area contributed by atoms with Gasteiger partial charge in [-0.05, 0) is 38.4 Å². The first kappa shape index (κ1) is 21.1. The maximum absolute atomic E-state index is 4.78. The number of thiazole rings is 1. The van der Waals surface area contributed by atoms with E-state index in [1.807, 2.05) is 18.8 Å². The standard InChI is InChI=1S/C17H29N5S2.HI/c1-18-16(20-13-5-6-15(11-13)23-2)19-8-7-14-12-24-17(21-14)22-9-3-4-10-22;/h12-13,15H,3-11H2,1-2H3,(H2,18,19,20);1H. The molecule has 1 saturated heterocycles. The summed E-state index contributed by atoms with van der Waals surface area (Å²) < 4.78 is 0. The Bertz CT molecular complexity index is 545. The third kappa shape index (κ3) is 6.16. The first-order valence-electron chi connectivity index (χ1n) is 8.98. The van der Waals surface area contributed by atoms with E-state index in [9.17, 15) is 0 Å². The quantitative estimate of drug-likeness (QED) is 0.360. The third-order valence-corrected chi connectivity index (χ3v) is 6.92. The molecule has 3 rings (SSSR count). The Morgan fingerprint density at radius 3 is 2.88 bits per heavy atom. The van der Waals surface area contributed by atoms with E-state index in [0.29, 0.717) is 6.04 Å².